The van der Waals surface area contributed by atoms with Crippen molar-refractivity contribution in [1.82, 2.24) is 4.98 Å². The molecule has 1 aromatic heterocycles. The second-order valence-corrected chi connectivity index (χ2v) is 10.0. The molecular weight excluding hydrogens is 541 g/mol. The molecule has 3 aromatic rings. The number of halogens is 1. The number of methoxy groups -OCH3 is 2. The smallest absolute Gasteiger partial charge is 0.302 e. The van der Waals surface area contributed by atoms with Crippen molar-refractivity contribution in [3.63, 3.8) is 0 Å². The lowest BCUT2D eigenvalue weighted by Crippen LogP contribution is -2.10. The van der Waals surface area contributed by atoms with Gasteiger partial charge in [-0.1, -0.05) is 12.1 Å². The number of esters is 1. The third kappa shape index (κ3) is 6.37. The monoisotopic (exact) mass is 569 g/mol. The summed E-state index contributed by atoms with van der Waals surface area (Å²) >= 11 is 0. The van der Waals surface area contributed by atoms with E-state index in [1.807, 2.05) is 0 Å². The number of rotatable bonds is 12. The predicted octanol–water partition coefficient (Wildman–Crippen LogP) is 4.39. The van der Waals surface area contributed by atoms with E-state index in [1.165, 1.54) is 38.7 Å². The normalized spacial score (nSPS) is 14.6. The standard InChI is InChI=1S/C29H28FNO8S/c1-17(32)38-13-14-39-25-11-7-18(15-27(25)37-3)23(33)9-10-24(34)22-8-12-26(36-2)28(31-22)20-16-40(35)29-19(20)5-4-6-21(29)30/h4-8,11-12,15-16,24,34H,9-10,13-14H2,1-3H3. The lowest BCUT2D eigenvalue weighted by atomic mass is 10.0. The van der Waals surface area contributed by atoms with E-state index in [4.69, 9.17) is 18.9 Å². The summed E-state index contributed by atoms with van der Waals surface area (Å²) in [5, 5.41) is 12.3. The van der Waals surface area contributed by atoms with E-state index < -0.39 is 28.7 Å². The number of aliphatic hydroxyl groups is 1. The van der Waals surface area contributed by atoms with Gasteiger partial charge in [-0.25, -0.2) is 13.6 Å². The molecule has 0 saturated carbocycles. The number of benzene rings is 2. The minimum Gasteiger partial charge on any atom is -0.494 e. The molecule has 0 aliphatic carbocycles. The molecule has 2 aromatic carbocycles. The molecule has 0 saturated heterocycles. The Morgan fingerprint density at radius 3 is 2.50 bits per heavy atom. The number of pyridine rings is 1. The van der Waals surface area contributed by atoms with Crippen molar-refractivity contribution < 1.29 is 42.2 Å². The summed E-state index contributed by atoms with van der Waals surface area (Å²) in [6.07, 6.45) is -0.990. The maximum absolute atomic E-state index is 14.3. The fraction of sp³-hybridized carbons (Fsp3) is 0.276. The molecule has 0 amide bonds. The zero-order valence-electron chi connectivity index (χ0n) is 22.1. The van der Waals surface area contributed by atoms with Crippen molar-refractivity contribution in [2.45, 2.75) is 30.8 Å². The van der Waals surface area contributed by atoms with Gasteiger partial charge in [0, 0.05) is 35.5 Å². The van der Waals surface area contributed by atoms with E-state index in [0.29, 0.717) is 39.6 Å². The molecule has 1 aliphatic rings. The zero-order chi connectivity index (χ0) is 28.8. The van der Waals surface area contributed by atoms with Crippen LogP contribution in [-0.4, -0.2) is 53.5 Å². The highest BCUT2D eigenvalue weighted by atomic mass is 32.2. The van der Waals surface area contributed by atoms with Crippen LogP contribution in [0.2, 0.25) is 0 Å². The van der Waals surface area contributed by atoms with Gasteiger partial charge in [-0.05, 0) is 42.8 Å². The van der Waals surface area contributed by atoms with Crippen molar-refractivity contribution in [3.05, 3.63) is 82.3 Å². The van der Waals surface area contributed by atoms with Gasteiger partial charge in [0.15, 0.2) is 17.3 Å². The van der Waals surface area contributed by atoms with Gasteiger partial charge in [-0.3, -0.25) is 9.59 Å². The third-order valence-electron chi connectivity index (χ3n) is 6.16. The van der Waals surface area contributed by atoms with Crippen LogP contribution in [0, 0.1) is 5.82 Å². The van der Waals surface area contributed by atoms with Crippen molar-refractivity contribution in [2.75, 3.05) is 27.4 Å². The van der Waals surface area contributed by atoms with Crippen LogP contribution in [0.1, 0.15) is 53.2 Å². The number of nitrogens with zero attached hydrogens (tertiary/aromatic N) is 1. The minimum absolute atomic E-state index is 0.0147. The van der Waals surface area contributed by atoms with Crippen LogP contribution in [0.5, 0.6) is 17.2 Å². The summed E-state index contributed by atoms with van der Waals surface area (Å²) < 4.78 is 48.0. The summed E-state index contributed by atoms with van der Waals surface area (Å²) in [5.74, 6) is -0.105. The largest absolute Gasteiger partial charge is 0.494 e. The Labute approximate surface area is 233 Å². The summed E-state index contributed by atoms with van der Waals surface area (Å²) in [6.45, 7) is 1.51. The van der Waals surface area contributed by atoms with E-state index in [-0.39, 0.29) is 42.4 Å². The molecule has 0 fully saturated rings. The fourth-order valence-electron chi connectivity index (χ4n) is 4.20. The van der Waals surface area contributed by atoms with Gasteiger partial charge in [0.2, 0.25) is 0 Å². The first-order chi connectivity index (χ1) is 19.2. The third-order valence-corrected chi connectivity index (χ3v) is 7.42. The minimum atomic E-state index is -1.69. The number of carbonyl (C=O) groups is 2. The Kier molecular flexibility index (Phi) is 9.28. The highest BCUT2D eigenvalue weighted by Crippen LogP contribution is 2.40. The van der Waals surface area contributed by atoms with Crippen LogP contribution in [0.15, 0.2) is 58.8 Å². The van der Waals surface area contributed by atoms with E-state index in [1.54, 1.807) is 36.4 Å². The lowest BCUT2D eigenvalue weighted by molar-refractivity contribution is -0.141. The van der Waals surface area contributed by atoms with E-state index in [0.717, 1.165) is 0 Å². The van der Waals surface area contributed by atoms with Crippen molar-refractivity contribution in [1.29, 1.82) is 0 Å². The highest BCUT2D eigenvalue weighted by molar-refractivity contribution is 7.88. The van der Waals surface area contributed by atoms with Crippen LogP contribution in [0.4, 0.5) is 4.39 Å². The second-order valence-electron chi connectivity index (χ2n) is 8.76. The first-order valence-electron chi connectivity index (χ1n) is 12.4. The molecule has 4 rings (SSSR count). The first-order valence-corrected chi connectivity index (χ1v) is 13.6. The van der Waals surface area contributed by atoms with Crippen molar-refractivity contribution in [2.24, 2.45) is 0 Å². The quantitative estimate of drug-likeness (QED) is 0.192. The maximum Gasteiger partial charge on any atom is 0.302 e. The fourth-order valence-corrected chi connectivity index (χ4v) is 5.43. The van der Waals surface area contributed by atoms with Crippen LogP contribution in [-0.2, 0) is 20.3 Å². The Balaban J connectivity index is 1.46. The Morgan fingerprint density at radius 1 is 1.02 bits per heavy atom. The SMILES string of the molecule is COc1cc(C(=O)CCC(O)c2ccc(OC)c(C3=CS(=O)c4c(F)cccc43)n2)ccc1OCCOC(C)=O. The number of fused-ring (bicyclic) bond motifs is 1. The van der Waals surface area contributed by atoms with Gasteiger partial charge in [0.05, 0.1) is 41.7 Å². The summed E-state index contributed by atoms with van der Waals surface area (Å²) in [4.78, 5) is 28.4. The van der Waals surface area contributed by atoms with Crippen LogP contribution in [0.3, 0.4) is 0 Å². The Bertz CT molecular complexity index is 1490. The first kappa shape index (κ1) is 28.9. The van der Waals surface area contributed by atoms with E-state index in [9.17, 15) is 23.3 Å². The highest BCUT2D eigenvalue weighted by Gasteiger charge is 2.28. The number of aliphatic hydroxyl groups excluding tert-OH is 1. The molecule has 9 nitrogen and oxygen atoms in total. The van der Waals surface area contributed by atoms with E-state index >= 15 is 0 Å². The average Bonchev–Trinajstić information content (AvgIpc) is 3.30. The van der Waals surface area contributed by atoms with E-state index in [2.05, 4.69) is 4.98 Å². The van der Waals surface area contributed by atoms with Crippen LogP contribution in [0.25, 0.3) is 5.57 Å². The van der Waals surface area contributed by atoms with Gasteiger partial charge in [-0.15, -0.1) is 0 Å². The lowest BCUT2D eigenvalue weighted by Gasteiger charge is -2.15. The molecule has 0 radical (unpaired) electrons. The van der Waals surface area contributed by atoms with Crippen LogP contribution >= 0.6 is 0 Å². The summed E-state index contributed by atoms with van der Waals surface area (Å²) in [6, 6.07) is 12.4. The van der Waals surface area contributed by atoms with Gasteiger partial charge < -0.3 is 24.1 Å². The molecule has 2 heterocycles. The molecule has 2 unspecified atom stereocenters. The summed E-state index contributed by atoms with van der Waals surface area (Å²) in [7, 11) is 1.22. The number of ketones is 1. The number of Topliss-reactive ketones (excluding diaryl/α,β-unsaturated/α-hetero) is 1. The molecular formula is C29H28FNO8S. The molecule has 0 bridgehead atoms. The van der Waals surface area contributed by atoms with Gasteiger partial charge in [0.25, 0.3) is 0 Å². The number of hydrogen-bond acceptors (Lipinski definition) is 9. The Hall–Kier alpha value is -4.09. The molecule has 1 aliphatic heterocycles. The maximum atomic E-state index is 14.3. The molecule has 1 N–H and O–H groups in total. The molecule has 11 heteroatoms. The number of carbonyl (C=O) groups excluding carboxylic acids is 2. The van der Waals surface area contributed by atoms with Crippen molar-refractivity contribution in [3.8, 4) is 17.2 Å². The zero-order valence-corrected chi connectivity index (χ0v) is 23.0. The second kappa shape index (κ2) is 12.8. The van der Waals surface area contributed by atoms with Gasteiger partial charge in [-0.2, -0.15) is 0 Å². The number of ether oxygens (including phenoxy) is 4. The average molecular weight is 570 g/mol. The topological polar surface area (TPSA) is 121 Å². The van der Waals surface area contributed by atoms with Crippen molar-refractivity contribution >= 4 is 28.1 Å². The van der Waals surface area contributed by atoms with Crippen LogP contribution < -0.4 is 14.2 Å². The van der Waals surface area contributed by atoms with Gasteiger partial charge >= 0.3 is 5.97 Å². The molecule has 210 valence electrons. The molecule has 0 spiro atoms. The number of aromatic nitrogens is 1. The molecule has 40 heavy (non-hydrogen) atoms. The predicted molar refractivity (Wildman–Crippen MR) is 144 cm³/mol. The van der Waals surface area contributed by atoms with Gasteiger partial charge in [0.1, 0.15) is 30.5 Å². The Morgan fingerprint density at radius 2 is 1.77 bits per heavy atom. The summed E-state index contributed by atoms with van der Waals surface area (Å²) in [5.41, 5.74) is 1.86. The number of hydrogen-bond donors (Lipinski definition) is 1. The molecule has 2 atom stereocenters.